The van der Waals surface area contributed by atoms with E-state index in [-0.39, 0.29) is 28.8 Å². The van der Waals surface area contributed by atoms with Crippen LogP contribution in [0.1, 0.15) is 44.2 Å². The van der Waals surface area contributed by atoms with Crippen LogP contribution in [0.3, 0.4) is 0 Å². The zero-order chi connectivity index (χ0) is 31.6. The highest BCUT2D eigenvalue weighted by Gasteiger charge is 2.35. The van der Waals surface area contributed by atoms with Crippen LogP contribution in [0.4, 0.5) is 5.69 Å². The molecule has 0 heterocycles. The van der Waals surface area contributed by atoms with Crippen molar-refractivity contribution in [3.8, 4) is 11.5 Å². The molecule has 0 unspecified atom stereocenters. The van der Waals surface area contributed by atoms with Gasteiger partial charge in [0.2, 0.25) is 11.8 Å². The van der Waals surface area contributed by atoms with Crippen LogP contribution in [0.2, 0.25) is 5.02 Å². The molecular formula is C32H40ClN3O6S. The Morgan fingerprint density at radius 1 is 0.977 bits per heavy atom. The first kappa shape index (κ1) is 33.7. The van der Waals surface area contributed by atoms with E-state index in [0.717, 1.165) is 22.7 Å². The number of rotatable bonds is 15. The van der Waals surface area contributed by atoms with Crippen LogP contribution in [0.25, 0.3) is 0 Å². The van der Waals surface area contributed by atoms with Gasteiger partial charge in [-0.1, -0.05) is 67.8 Å². The normalized spacial score (nSPS) is 11.9. The van der Waals surface area contributed by atoms with Crippen LogP contribution in [-0.4, -0.2) is 58.5 Å². The molecule has 1 N–H and O–H groups in total. The van der Waals surface area contributed by atoms with Gasteiger partial charge in [0, 0.05) is 24.2 Å². The smallest absolute Gasteiger partial charge is 0.264 e. The van der Waals surface area contributed by atoms with E-state index in [1.807, 2.05) is 20.8 Å². The van der Waals surface area contributed by atoms with Crippen molar-refractivity contribution in [1.29, 1.82) is 0 Å². The van der Waals surface area contributed by atoms with E-state index < -0.39 is 28.5 Å². The van der Waals surface area contributed by atoms with Crippen molar-refractivity contribution in [1.82, 2.24) is 10.2 Å². The number of unbranched alkanes of at least 4 members (excludes halogenated alkanes) is 1. The van der Waals surface area contributed by atoms with Gasteiger partial charge in [-0.05, 0) is 55.7 Å². The topological polar surface area (TPSA) is 105 Å². The third kappa shape index (κ3) is 8.42. The molecule has 0 aliphatic heterocycles. The Labute approximate surface area is 259 Å². The highest BCUT2D eigenvalue weighted by Crippen LogP contribution is 2.36. The minimum Gasteiger partial charge on any atom is -0.497 e. The summed E-state index contributed by atoms with van der Waals surface area (Å²) < 4.78 is 40.3. The maximum atomic E-state index is 14.3. The number of benzene rings is 3. The molecule has 0 radical (unpaired) electrons. The number of sulfonamides is 1. The Balaban J connectivity index is 2.14. The fraction of sp³-hybridized carbons (Fsp3) is 0.375. The number of nitrogens with one attached hydrogen (secondary N) is 1. The maximum Gasteiger partial charge on any atom is 0.264 e. The van der Waals surface area contributed by atoms with E-state index in [4.69, 9.17) is 21.1 Å². The predicted octanol–water partition coefficient (Wildman–Crippen LogP) is 5.58. The van der Waals surface area contributed by atoms with Gasteiger partial charge in [0.15, 0.2) is 0 Å². The zero-order valence-electron chi connectivity index (χ0n) is 25.3. The van der Waals surface area contributed by atoms with Crippen molar-refractivity contribution < 1.29 is 27.5 Å². The lowest BCUT2D eigenvalue weighted by Gasteiger charge is -2.33. The third-order valence-corrected chi connectivity index (χ3v) is 9.20. The second-order valence-electron chi connectivity index (χ2n) is 10.0. The SMILES string of the molecule is CCCCNC(=O)[C@@H](CC)N(Cc1ccccc1Cl)C(=O)CN(c1cc(OC)ccc1OC)S(=O)(=O)c1ccc(C)cc1. The van der Waals surface area contributed by atoms with Gasteiger partial charge in [-0.2, -0.15) is 0 Å². The molecule has 0 saturated carbocycles. The summed E-state index contributed by atoms with van der Waals surface area (Å²) >= 11 is 6.47. The molecule has 0 aromatic heterocycles. The quantitative estimate of drug-likeness (QED) is 0.220. The predicted molar refractivity (Wildman–Crippen MR) is 169 cm³/mol. The van der Waals surface area contributed by atoms with Gasteiger partial charge >= 0.3 is 0 Å². The monoisotopic (exact) mass is 629 g/mol. The van der Waals surface area contributed by atoms with Crippen LogP contribution in [0, 0.1) is 6.92 Å². The summed E-state index contributed by atoms with van der Waals surface area (Å²) in [7, 11) is -1.40. The van der Waals surface area contributed by atoms with Crippen LogP contribution in [0.5, 0.6) is 11.5 Å². The highest BCUT2D eigenvalue weighted by atomic mass is 35.5. The molecule has 11 heteroatoms. The van der Waals surface area contributed by atoms with E-state index in [9.17, 15) is 18.0 Å². The van der Waals surface area contributed by atoms with Gasteiger partial charge in [-0.15, -0.1) is 0 Å². The van der Waals surface area contributed by atoms with Crippen molar-refractivity contribution in [2.45, 2.75) is 57.5 Å². The lowest BCUT2D eigenvalue weighted by Crippen LogP contribution is -2.52. The number of ether oxygens (including phenoxy) is 2. The van der Waals surface area contributed by atoms with E-state index in [1.165, 1.54) is 37.3 Å². The number of aryl methyl sites for hydroxylation is 1. The van der Waals surface area contributed by atoms with Gasteiger partial charge in [0.05, 0.1) is 24.8 Å². The fourth-order valence-electron chi connectivity index (χ4n) is 4.58. The van der Waals surface area contributed by atoms with E-state index >= 15 is 0 Å². The zero-order valence-corrected chi connectivity index (χ0v) is 26.9. The van der Waals surface area contributed by atoms with Crippen molar-refractivity contribution in [3.05, 3.63) is 82.9 Å². The van der Waals surface area contributed by atoms with Crippen molar-refractivity contribution in [2.24, 2.45) is 0 Å². The van der Waals surface area contributed by atoms with Crippen LogP contribution >= 0.6 is 11.6 Å². The standard InChI is InChI=1S/C32H40ClN3O6S/c1-6-8-19-34-32(38)28(7-2)35(21-24-11-9-10-12-27(24)33)31(37)22-36(29-20-25(41-4)15-18-30(29)42-5)43(39,40)26-16-13-23(3)14-17-26/h9-18,20,28H,6-8,19,21-22H2,1-5H3,(H,34,38)/t28-/m1/s1. The summed E-state index contributed by atoms with van der Waals surface area (Å²) in [6, 6.07) is 17.3. The third-order valence-electron chi connectivity index (χ3n) is 7.06. The van der Waals surface area contributed by atoms with Crippen LogP contribution in [0.15, 0.2) is 71.6 Å². The first-order chi connectivity index (χ1) is 20.6. The Bertz CT molecular complexity index is 1500. The molecular weight excluding hydrogens is 590 g/mol. The lowest BCUT2D eigenvalue weighted by atomic mass is 10.1. The van der Waals surface area contributed by atoms with E-state index in [1.54, 1.807) is 48.5 Å². The van der Waals surface area contributed by atoms with Gasteiger partial charge in [-0.25, -0.2) is 8.42 Å². The minimum atomic E-state index is -4.28. The molecule has 0 aliphatic rings. The maximum absolute atomic E-state index is 14.3. The van der Waals surface area contributed by atoms with Crippen molar-refractivity contribution >= 4 is 39.1 Å². The molecule has 0 fully saturated rings. The average molecular weight is 630 g/mol. The lowest BCUT2D eigenvalue weighted by molar-refractivity contribution is -0.140. The number of methoxy groups -OCH3 is 2. The van der Waals surface area contributed by atoms with Gasteiger partial charge in [-0.3, -0.25) is 13.9 Å². The molecule has 0 bridgehead atoms. The molecule has 3 rings (SSSR count). The minimum absolute atomic E-state index is 0.00206. The fourth-order valence-corrected chi connectivity index (χ4v) is 6.19. The summed E-state index contributed by atoms with van der Waals surface area (Å²) in [6.07, 6.45) is 1.99. The van der Waals surface area contributed by atoms with Crippen molar-refractivity contribution in [3.63, 3.8) is 0 Å². The molecule has 2 amide bonds. The number of anilines is 1. The number of carbonyl (C=O) groups excluding carboxylic acids is 2. The van der Waals surface area contributed by atoms with Crippen LogP contribution in [-0.2, 0) is 26.2 Å². The Hall–Kier alpha value is -3.76. The molecule has 0 spiro atoms. The molecule has 9 nitrogen and oxygen atoms in total. The number of halogens is 1. The van der Waals surface area contributed by atoms with Gasteiger partial charge in [0.25, 0.3) is 10.0 Å². The molecule has 1 atom stereocenters. The van der Waals surface area contributed by atoms with Gasteiger partial charge < -0.3 is 19.7 Å². The summed E-state index contributed by atoms with van der Waals surface area (Å²) in [6.45, 7) is 5.55. The molecule has 0 aliphatic carbocycles. The Morgan fingerprint density at radius 2 is 1.67 bits per heavy atom. The summed E-state index contributed by atoms with van der Waals surface area (Å²) in [4.78, 5) is 29.0. The number of carbonyl (C=O) groups is 2. The number of hydrogen-bond acceptors (Lipinski definition) is 6. The van der Waals surface area contributed by atoms with E-state index in [2.05, 4.69) is 5.32 Å². The molecule has 3 aromatic carbocycles. The summed E-state index contributed by atoms with van der Waals surface area (Å²) in [5.41, 5.74) is 1.63. The molecule has 43 heavy (non-hydrogen) atoms. The van der Waals surface area contributed by atoms with Gasteiger partial charge in [0.1, 0.15) is 24.1 Å². The van der Waals surface area contributed by atoms with E-state index in [0.29, 0.717) is 29.3 Å². The average Bonchev–Trinajstić information content (AvgIpc) is 3.00. The molecule has 232 valence electrons. The largest absolute Gasteiger partial charge is 0.497 e. The second-order valence-corrected chi connectivity index (χ2v) is 12.3. The molecule has 0 saturated heterocycles. The number of hydrogen-bond donors (Lipinski definition) is 1. The first-order valence-corrected chi connectivity index (χ1v) is 16.0. The van der Waals surface area contributed by atoms with Crippen LogP contribution < -0.4 is 19.1 Å². The highest BCUT2D eigenvalue weighted by molar-refractivity contribution is 7.92. The number of nitrogens with zero attached hydrogens (tertiary/aromatic N) is 2. The first-order valence-electron chi connectivity index (χ1n) is 14.2. The van der Waals surface area contributed by atoms with Crippen molar-refractivity contribution in [2.75, 3.05) is 31.6 Å². The Morgan fingerprint density at radius 3 is 2.28 bits per heavy atom. The number of amides is 2. The summed E-state index contributed by atoms with van der Waals surface area (Å²) in [5, 5.41) is 3.35. The summed E-state index contributed by atoms with van der Waals surface area (Å²) in [5.74, 6) is -0.297. The second kappa shape index (κ2) is 15.6. The molecule has 3 aromatic rings. The Kier molecular flexibility index (Phi) is 12.3.